The molecule has 2 heterocycles. The predicted molar refractivity (Wildman–Crippen MR) is 97.0 cm³/mol. The second kappa shape index (κ2) is 8.30. The van der Waals surface area contributed by atoms with Gasteiger partial charge in [-0.3, -0.25) is 14.5 Å². The van der Waals surface area contributed by atoms with E-state index in [9.17, 15) is 18.4 Å². The smallest absolute Gasteiger partial charge is 0.243 e. The van der Waals surface area contributed by atoms with Crippen molar-refractivity contribution in [3.8, 4) is 0 Å². The van der Waals surface area contributed by atoms with Crippen molar-refractivity contribution in [3.63, 3.8) is 0 Å². The number of carbonyl (C=O) groups excluding carboxylic acids is 2. The maximum atomic E-state index is 13.1. The van der Waals surface area contributed by atoms with Gasteiger partial charge in [0.2, 0.25) is 11.8 Å². The Balaban J connectivity index is 1.48. The van der Waals surface area contributed by atoms with Gasteiger partial charge in [-0.2, -0.15) is 0 Å². The number of amides is 2. The lowest BCUT2D eigenvalue weighted by molar-refractivity contribution is -0.125. The first kappa shape index (κ1) is 19.0. The van der Waals surface area contributed by atoms with Gasteiger partial charge in [-0.25, -0.2) is 8.78 Å². The van der Waals surface area contributed by atoms with Gasteiger partial charge < -0.3 is 15.2 Å². The molecule has 3 rings (SSSR count). The molecule has 2 aromatic rings. The molecule has 1 atom stereocenters. The minimum atomic E-state index is -1.04. The molecule has 0 saturated carbocycles. The lowest BCUT2D eigenvalue weighted by Gasteiger charge is -2.24. The molecule has 0 bridgehead atoms. The van der Waals surface area contributed by atoms with Crippen LogP contribution in [-0.4, -0.2) is 40.9 Å². The monoisotopic (exact) mass is 376 g/mol. The van der Waals surface area contributed by atoms with Gasteiger partial charge in [-0.15, -0.1) is 0 Å². The molecule has 6 nitrogen and oxygen atoms in total. The van der Waals surface area contributed by atoms with Crippen molar-refractivity contribution in [2.24, 2.45) is 7.05 Å². The number of nitrogens with zero attached hydrogens (tertiary/aromatic N) is 2. The number of likely N-dealkylation sites (tertiary alicyclic amines) is 1. The van der Waals surface area contributed by atoms with E-state index in [4.69, 9.17) is 0 Å². The SMILES string of the molecule is Cn1cccc1[C@H]1CCCN1CC(=O)NCC(=O)Nc1ccc(F)c(F)c1. The lowest BCUT2D eigenvalue weighted by Crippen LogP contribution is -2.40. The third-order valence-electron chi connectivity index (χ3n) is 4.69. The van der Waals surface area contributed by atoms with Crippen molar-refractivity contribution in [2.75, 3.05) is 25.0 Å². The van der Waals surface area contributed by atoms with E-state index in [-0.39, 0.29) is 30.7 Å². The van der Waals surface area contributed by atoms with Gasteiger partial charge in [-0.05, 0) is 43.7 Å². The van der Waals surface area contributed by atoms with E-state index < -0.39 is 17.5 Å². The van der Waals surface area contributed by atoms with Gasteiger partial charge in [0.15, 0.2) is 11.6 Å². The Morgan fingerprint density at radius 1 is 1.19 bits per heavy atom. The zero-order valence-electron chi connectivity index (χ0n) is 15.0. The Kier molecular flexibility index (Phi) is 5.85. The Morgan fingerprint density at radius 3 is 2.70 bits per heavy atom. The molecule has 8 heteroatoms. The summed E-state index contributed by atoms with van der Waals surface area (Å²) in [5, 5.41) is 4.99. The molecule has 27 heavy (non-hydrogen) atoms. The Bertz CT molecular complexity index is 837. The van der Waals surface area contributed by atoms with Crippen LogP contribution in [0.1, 0.15) is 24.6 Å². The fourth-order valence-electron chi connectivity index (χ4n) is 3.37. The number of halogens is 2. The molecule has 2 amide bonds. The summed E-state index contributed by atoms with van der Waals surface area (Å²) < 4.78 is 28.1. The highest BCUT2D eigenvalue weighted by molar-refractivity contribution is 5.94. The zero-order chi connectivity index (χ0) is 19.4. The zero-order valence-corrected chi connectivity index (χ0v) is 15.0. The summed E-state index contributed by atoms with van der Waals surface area (Å²) >= 11 is 0. The van der Waals surface area contributed by atoms with E-state index in [1.54, 1.807) is 0 Å². The largest absolute Gasteiger partial charge is 0.353 e. The quantitative estimate of drug-likeness (QED) is 0.812. The van der Waals surface area contributed by atoms with Gasteiger partial charge in [-0.1, -0.05) is 0 Å². The summed E-state index contributed by atoms with van der Waals surface area (Å²) in [6.07, 6.45) is 3.98. The van der Waals surface area contributed by atoms with Crippen LogP contribution in [0.2, 0.25) is 0 Å². The summed E-state index contributed by atoms with van der Waals surface area (Å²) in [4.78, 5) is 26.2. The van der Waals surface area contributed by atoms with E-state index in [1.807, 2.05) is 19.3 Å². The highest BCUT2D eigenvalue weighted by atomic mass is 19.2. The van der Waals surface area contributed by atoms with Crippen molar-refractivity contribution in [1.82, 2.24) is 14.8 Å². The number of aryl methyl sites for hydroxylation is 1. The van der Waals surface area contributed by atoms with E-state index >= 15 is 0 Å². The van der Waals surface area contributed by atoms with E-state index in [0.29, 0.717) is 0 Å². The second-order valence-corrected chi connectivity index (χ2v) is 6.63. The first-order chi connectivity index (χ1) is 12.9. The number of hydrogen-bond acceptors (Lipinski definition) is 3. The number of carbonyl (C=O) groups is 2. The molecule has 1 aromatic carbocycles. The van der Waals surface area contributed by atoms with Gasteiger partial charge in [0, 0.05) is 30.7 Å². The van der Waals surface area contributed by atoms with Crippen LogP contribution < -0.4 is 10.6 Å². The van der Waals surface area contributed by atoms with Crippen molar-refractivity contribution < 1.29 is 18.4 Å². The second-order valence-electron chi connectivity index (χ2n) is 6.63. The van der Waals surface area contributed by atoms with Crippen LogP contribution in [0, 0.1) is 11.6 Å². The minimum Gasteiger partial charge on any atom is -0.353 e. The standard InChI is InChI=1S/C19H22F2N4O2/c1-24-8-2-4-16(24)17-5-3-9-25(17)12-19(27)22-11-18(26)23-13-6-7-14(20)15(21)10-13/h2,4,6-8,10,17H,3,5,9,11-12H2,1H3,(H,22,27)(H,23,26)/t17-/m1/s1. The molecule has 1 aliphatic heterocycles. The van der Waals surface area contributed by atoms with Crippen LogP contribution in [0.4, 0.5) is 14.5 Å². The molecule has 1 fully saturated rings. The minimum absolute atomic E-state index is 0.136. The Labute approximate surface area is 156 Å². The lowest BCUT2D eigenvalue weighted by atomic mass is 10.1. The number of benzene rings is 1. The topological polar surface area (TPSA) is 66.4 Å². The molecule has 1 aliphatic rings. The number of nitrogens with one attached hydrogen (secondary N) is 2. The summed E-state index contributed by atoms with van der Waals surface area (Å²) in [5.41, 5.74) is 1.30. The number of anilines is 1. The van der Waals surface area contributed by atoms with Crippen LogP contribution >= 0.6 is 0 Å². The van der Waals surface area contributed by atoms with Gasteiger partial charge in [0.1, 0.15) is 0 Å². The van der Waals surface area contributed by atoms with Crippen molar-refractivity contribution in [1.29, 1.82) is 0 Å². The molecule has 1 saturated heterocycles. The van der Waals surface area contributed by atoms with Crippen LogP contribution in [0.25, 0.3) is 0 Å². The van der Waals surface area contributed by atoms with Crippen LogP contribution in [0.15, 0.2) is 36.5 Å². The third-order valence-corrected chi connectivity index (χ3v) is 4.69. The molecule has 144 valence electrons. The first-order valence-electron chi connectivity index (χ1n) is 8.81. The maximum absolute atomic E-state index is 13.1. The molecular weight excluding hydrogens is 354 g/mol. The Morgan fingerprint density at radius 2 is 2.00 bits per heavy atom. The molecule has 0 aliphatic carbocycles. The highest BCUT2D eigenvalue weighted by Gasteiger charge is 2.28. The summed E-state index contributed by atoms with van der Waals surface area (Å²) in [6, 6.07) is 7.30. The van der Waals surface area contributed by atoms with Crippen molar-refractivity contribution in [2.45, 2.75) is 18.9 Å². The van der Waals surface area contributed by atoms with E-state index in [0.717, 1.165) is 37.2 Å². The highest BCUT2D eigenvalue weighted by Crippen LogP contribution is 2.31. The molecular formula is C19H22F2N4O2. The van der Waals surface area contributed by atoms with Crippen molar-refractivity contribution in [3.05, 3.63) is 53.9 Å². The van der Waals surface area contributed by atoms with Gasteiger partial charge >= 0.3 is 0 Å². The summed E-state index contributed by atoms with van der Waals surface area (Å²) in [6.45, 7) is 0.791. The first-order valence-corrected chi connectivity index (χ1v) is 8.81. The average Bonchev–Trinajstić information content (AvgIpc) is 3.25. The average molecular weight is 376 g/mol. The van der Waals surface area contributed by atoms with Crippen molar-refractivity contribution >= 4 is 17.5 Å². The van der Waals surface area contributed by atoms with E-state index in [2.05, 4.69) is 26.2 Å². The van der Waals surface area contributed by atoms with Gasteiger partial charge in [0.05, 0.1) is 19.1 Å². The number of rotatable bonds is 6. The van der Waals surface area contributed by atoms with Crippen LogP contribution in [0.3, 0.4) is 0 Å². The van der Waals surface area contributed by atoms with Crippen LogP contribution in [-0.2, 0) is 16.6 Å². The fourth-order valence-corrected chi connectivity index (χ4v) is 3.37. The number of hydrogen-bond donors (Lipinski definition) is 2. The normalized spacial score (nSPS) is 17.1. The molecule has 1 aromatic heterocycles. The summed E-state index contributed by atoms with van der Waals surface area (Å²) in [5.74, 6) is -2.79. The maximum Gasteiger partial charge on any atom is 0.243 e. The Hall–Kier alpha value is -2.74. The number of aromatic nitrogens is 1. The molecule has 0 spiro atoms. The summed E-state index contributed by atoms with van der Waals surface area (Å²) in [7, 11) is 1.98. The van der Waals surface area contributed by atoms with E-state index in [1.165, 1.54) is 6.07 Å². The fraction of sp³-hybridized carbons (Fsp3) is 0.368. The third kappa shape index (κ3) is 4.71. The van der Waals surface area contributed by atoms with Gasteiger partial charge in [0.25, 0.3) is 0 Å². The molecule has 2 N–H and O–H groups in total. The molecule has 0 radical (unpaired) electrons. The molecule has 0 unspecified atom stereocenters. The predicted octanol–water partition coefficient (Wildman–Crippen LogP) is 2.20. The van der Waals surface area contributed by atoms with Crippen LogP contribution in [0.5, 0.6) is 0 Å².